The number of ketones is 2. The Morgan fingerprint density at radius 3 is 2.48 bits per heavy atom. The summed E-state index contributed by atoms with van der Waals surface area (Å²) in [5.74, 6) is 0.167. The van der Waals surface area contributed by atoms with Gasteiger partial charge in [0.25, 0.3) is 0 Å². The maximum atomic E-state index is 12.0. The first-order valence-corrected chi connectivity index (χ1v) is 7.92. The third-order valence-corrected chi connectivity index (χ3v) is 3.55. The number of hydrogen-bond acceptors (Lipinski definition) is 6. The summed E-state index contributed by atoms with van der Waals surface area (Å²) in [5, 5.41) is 13.6. The third kappa shape index (κ3) is 5.29. The standard InChI is InChI=1S/C18H23NO5.ClH/c1-10(2)19-8-13(22)9-23-16-6-5-15-14(18(16)12(4)21)7-17(24-15)11(3)20;/h5-7,10,13,19,22H,8-9H2,1-4H3;1H. The normalized spacial score (nSPS) is 12.1. The molecule has 2 aromatic rings. The van der Waals surface area contributed by atoms with Crippen LogP contribution in [0.4, 0.5) is 0 Å². The maximum absolute atomic E-state index is 12.0. The highest BCUT2D eigenvalue weighted by Crippen LogP contribution is 2.31. The van der Waals surface area contributed by atoms with Gasteiger partial charge in [-0.3, -0.25) is 9.59 Å². The smallest absolute Gasteiger partial charge is 0.194 e. The fourth-order valence-electron chi connectivity index (χ4n) is 2.37. The largest absolute Gasteiger partial charge is 0.490 e. The molecular weight excluding hydrogens is 346 g/mol. The van der Waals surface area contributed by atoms with E-state index in [-0.39, 0.29) is 42.4 Å². The molecule has 0 aliphatic carbocycles. The summed E-state index contributed by atoms with van der Waals surface area (Å²) in [6, 6.07) is 5.09. The van der Waals surface area contributed by atoms with Crippen molar-refractivity contribution in [1.82, 2.24) is 5.32 Å². The third-order valence-electron chi connectivity index (χ3n) is 3.55. The van der Waals surface area contributed by atoms with E-state index >= 15 is 0 Å². The van der Waals surface area contributed by atoms with Gasteiger partial charge in [0.1, 0.15) is 24.0 Å². The number of carbonyl (C=O) groups is 2. The quantitative estimate of drug-likeness (QED) is 0.695. The van der Waals surface area contributed by atoms with Gasteiger partial charge in [-0.1, -0.05) is 13.8 Å². The van der Waals surface area contributed by atoms with Crippen LogP contribution in [0.25, 0.3) is 11.0 Å². The molecule has 0 saturated heterocycles. The van der Waals surface area contributed by atoms with Crippen LogP contribution in [0.2, 0.25) is 0 Å². The summed E-state index contributed by atoms with van der Waals surface area (Å²) in [6.45, 7) is 7.26. The maximum Gasteiger partial charge on any atom is 0.194 e. The average Bonchev–Trinajstić information content (AvgIpc) is 2.94. The highest BCUT2D eigenvalue weighted by Gasteiger charge is 2.19. The Hall–Kier alpha value is -1.89. The van der Waals surface area contributed by atoms with Crippen molar-refractivity contribution in [2.45, 2.75) is 39.8 Å². The van der Waals surface area contributed by atoms with Gasteiger partial charge in [-0.15, -0.1) is 12.4 Å². The molecule has 1 unspecified atom stereocenters. The predicted molar refractivity (Wildman–Crippen MR) is 98.1 cm³/mol. The van der Waals surface area contributed by atoms with Crippen LogP contribution in [-0.4, -0.2) is 42.0 Å². The number of nitrogens with one attached hydrogen (secondary N) is 1. The lowest BCUT2D eigenvalue weighted by Crippen LogP contribution is -2.35. The van der Waals surface area contributed by atoms with Crippen LogP contribution < -0.4 is 10.1 Å². The van der Waals surface area contributed by atoms with Crippen LogP contribution in [0.5, 0.6) is 5.75 Å². The van der Waals surface area contributed by atoms with Gasteiger partial charge < -0.3 is 19.6 Å². The van der Waals surface area contributed by atoms with E-state index in [2.05, 4.69) is 5.32 Å². The number of ether oxygens (including phenoxy) is 1. The Bertz CT molecular complexity index is 753. The summed E-state index contributed by atoms with van der Waals surface area (Å²) in [4.78, 5) is 23.5. The van der Waals surface area contributed by atoms with Gasteiger partial charge in [0, 0.05) is 24.9 Å². The van der Waals surface area contributed by atoms with Gasteiger partial charge in [0.15, 0.2) is 17.3 Å². The molecule has 1 aromatic carbocycles. The molecule has 0 radical (unpaired) electrons. The van der Waals surface area contributed by atoms with Crippen LogP contribution in [0.3, 0.4) is 0 Å². The minimum atomic E-state index is -0.694. The highest BCUT2D eigenvalue weighted by molar-refractivity contribution is 6.10. The Morgan fingerprint density at radius 1 is 1.24 bits per heavy atom. The Balaban J connectivity index is 0.00000312. The Kier molecular flexibility index (Phi) is 7.60. The van der Waals surface area contributed by atoms with Crippen LogP contribution >= 0.6 is 12.4 Å². The number of hydrogen-bond donors (Lipinski definition) is 2. The van der Waals surface area contributed by atoms with Crippen LogP contribution in [0.15, 0.2) is 22.6 Å². The van der Waals surface area contributed by atoms with E-state index in [1.165, 1.54) is 13.8 Å². The molecule has 2 rings (SSSR count). The first-order valence-electron chi connectivity index (χ1n) is 7.92. The zero-order valence-corrected chi connectivity index (χ0v) is 15.6. The van der Waals surface area contributed by atoms with Crippen molar-refractivity contribution >= 4 is 34.9 Å². The molecule has 1 atom stereocenters. The van der Waals surface area contributed by atoms with Crippen molar-refractivity contribution in [2.24, 2.45) is 0 Å². The molecule has 0 aliphatic heterocycles. The molecule has 25 heavy (non-hydrogen) atoms. The van der Waals surface area contributed by atoms with Crippen LogP contribution in [0, 0.1) is 0 Å². The molecule has 0 bridgehead atoms. The van der Waals surface area contributed by atoms with E-state index in [1.807, 2.05) is 13.8 Å². The molecule has 138 valence electrons. The number of aliphatic hydroxyl groups excluding tert-OH is 1. The molecule has 6 nitrogen and oxygen atoms in total. The number of halogens is 1. The Morgan fingerprint density at radius 2 is 1.92 bits per heavy atom. The second-order valence-electron chi connectivity index (χ2n) is 6.10. The number of Topliss-reactive ketones (excluding diaryl/α,β-unsaturated/α-hetero) is 2. The summed E-state index contributed by atoms with van der Waals surface area (Å²) in [6.07, 6.45) is -0.694. The average molecular weight is 370 g/mol. The molecular formula is C18H24ClNO5. The fraction of sp³-hybridized carbons (Fsp3) is 0.444. The first-order chi connectivity index (χ1) is 11.3. The molecule has 0 fully saturated rings. The van der Waals surface area contributed by atoms with Crippen molar-refractivity contribution in [1.29, 1.82) is 0 Å². The van der Waals surface area contributed by atoms with E-state index in [0.717, 1.165) is 0 Å². The molecule has 0 saturated carbocycles. The zero-order valence-electron chi connectivity index (χ0n) is 14.8. The molecule has 1 aromatic heterocycles. The van der Waals surface area contributed by atoms with E-state index in [1.54, 1.807) is 18.2 Å². The number of carbonyl (C=O) groups excluding carboxylic acids is 2. The van der Waals surface area contributed by atoms with E-state index in [0.29, 0.717) is 28.8 Å². The monoisotopic (exact) mass is 369 g/mol. The minimum absolute atomic E-state index is 0. The van der Waals surface area contributed by atoms with E-state index in [4.69, 9.17) is 9.15 Å². The van der Waals surface area contributed by atoms with Gasteiger partial charge in [-0.2, -0.15) is 0 Å². The minimum Gasteiger partial charge on any atom is -0.490 e. The number of aliphatic hydroxyl groups is 1. The van der Waals surface area contributed by atoms with Gasteiger partial charge in [0.2, 0.25) is 0 Å². The first kappa shape index (κ1) is 21.2. The highest BCUT2D eigenvalue weighted by atomic mass is 35.5. The molecule has 0 amide bonds. The summed E-state index contributed by atoms with van der Waals surface area (Å²) in [7, 11) is 0. The van der Waals surface area contributed by atoms with Crippen molar-refractivity contribution in [3.63, 3.8) is 0 Å². The fourth-order valence-corrected chi connectivity index (χ4v) is 2.37. The molecule has 7 heteroatoms. The van der Waals surface area contributed by atoms with Crippen molar-refractivity contribution in [2.75, 3.05) is 13.2 Å². The van der Waals surface area contributed by atoms with Gasteiger partial charge >= 0.3 is 0 Å². The number of fused-ring (bicyclic) bond motifs is 1. The Labute approximate surface area is 152 Å². The van der Waals surface area contributed by atoms with Crippen LogP contribution in [-0.2, 0) is 0 Å². The summed E-state index contributed by atoms with van der Waals surface area (Å²) in [5.41, 5.74) is 0.813. The number of furan rings is 1. The molecule has 2 N–H and O–H groups in total. The number of benzene rings is 1. The summed E-state index contributed by atoms with van der Waals surface area (Å²) < 4.78 is 11.1. The van der Waals surface area contributed by atoms with Crippen molar-refractivity contribution in [3.05, 3.63) is 29.5 Å². The zero-order chi connectivity index (χ0) is 17.9. The van der Waals surface area contributed by atoms with E-state index in [9.17, 15) is 14.7 Å². The topological polar surface area (TPSA) is 88.8 Å². The lowest BCUT2D eigenvalue weighted by atomic mass is 10.1. The van der Waals surface area contributed by atoms with Gasteiger partial charge in [-0.05, 0) is 25.1 Å². The lowest BCUT2D eigenvalue weighted by Gasteiger charge is -2.16. The predicted octanol–water partition coefficient (Wildman–Crippen LogP) is 3.00. The van der Waals surface area contributed by atoms with Crippen molar-refractivity contribution < 1.29 is 23.8 Å². The number of rotatable bonds is 8. The van der Waals surface area contributed by atoms with E-state index < -0.39 is 6.10 Å². The van der Waals surface area contributed by atoms with Crippen molar-refractivity contribution in [3.8, 4) is 5.75 Å². The second kappa shape index (κ2) is 8.99. The molecule has 1 heterocycles. The summed E-state index contributed by atoms with van der Waals surface area (Å²) >= 11 is 0. The SMILES string of the molecule is CC(=O)c1cc2c(C(C)=O)c(OCC(O)CNC(C)C)ccc2o1.Cl. The molecule has 0 aliphatic rings. The lowest BCUT2D eigenvalue weighted by molar-refractivity contribution is 0.0969. The van der Waals surface area contributed by atoms with Gasteiger partial charge in [-0.25, -0.2) is 0 Å². The van der Waals surface area contributed by atoms with Gasteiger partial charge in [0.05, 0.1) is 5.56 Å². The van der Waals surface area contributed by atoms with Crippen LogP contribution in [0.1, 0.15) is 48.6 Å². The molecule has 0 spiro atoms. The second-order valence-corrected chi connectivity index (χ2v) is 6.10.